The number of hydrogen-bond acceptors (Lipinski definition) is 3. The summed E-state index contributed by atoms with van der Waals surface area (Å²) in [5, 5.41) is 0. The Hall–Kier alpha value is -0.860. The largest absolute Gasteiger partial charge is 0.466 e. The Morgan fingerprint density at radius 2 is 1.18 bits per heavy atom. The topological polar surface area (TPSA) is 43.4 Å². The highest BCUT2D eigenvalue weighted by Crippen LogP contribution is 2.08. The third-order valence-corrected chi connectivity index (χ3v) is 3.91. The monoisotopic (exact) mass is 312 g/mol. The summed E-state index contributed by atoms with van der Waals surface area (Å²) in [5.41, 5.74) is 0. The van der Waals surface area contributed by atoms with Gasteiger partial charge in [0.1, 0.15) is 5.78 Å². The second kappa shape index (κ2) is 16.5. The van der Waals surface area contributed by atoms with Gasteiger partial charge in [0.05, 0.1) is 6.61 Å². The van der Waals surface area contributed by atoms with Crippen molar-refractivity contribution in [3.8, 4) is 0 Å². The summed E-state index contributed by atoms with van der Waals surface area (Å²) in [7, 11) is 0. The van der Waals surface area contributed by atoms with Gasteiger partial charge in [0, 0.05) is 19.3 Å². The minimum absolute atomic E-state index is 0.146. The van der Waals surface area contributed by atoms with Gasteiger partial charge in [-0.25, -0.2) is 0 Å². The van der Waals surface area contributed by atoms with Crippen LogP contribution in [0.3, 0.4) is 0 Å². The summed E-state index contributed by atoms with van der Waals surface area (Å²) in [6.45, 7) is 4.91. The molecule has 0 spiro atoms. The van der Waals surface area contributed by atoms with Crippen molar-refractivity contribution in [2.75, 3.05) is 6.61 Å². The molecule has 3 heteroatoms. The Labute approximate surface area is 137 Å². The Morgan fingerprint density at radius 3 is 1.86 bits per heavy atom. The number of rotatable bonds is 16. The molecule has 0 unspecified atom stereocenters. The Bertz CT molecular complexity index is 274. The van der Waals surface area contributed by atoms with Gasteiger partial charge in [0.2, 0.25) is 0 Å². The van der Waals surface area contributed by atoms with Crippen molar-refractivity contribution in [2.24, 2.45) is 0 Å². The molecule has 0 heterocycles. The fourth-order valence-electron chi connectivity index (χ4n) is 2.44. The Balaban J connectivity index is 3.33. The third-order valence-electron chi connectivity index (χ3n) is 3.91. The standard InChI is InChI=1S/C19H36O3/c1-3-5-7-9-10-12-17-22-19(21)16-13-15-18(20)14-11-8-6-4-2/h3-17H2,1-2H3. The van der Waals surface area contributed by atoms with Gasteiger partial charge in [0.25, 0.3) is 0 Å². The Kier molecular flexibility index (Phi) is 15.9. The van der Waals surface area contributed by atoms with Gasteiger partial charge >= 0.3 is 5.97 Å². The van der Waals surface area contributed by atoms with Crippen molar-refractivity contribution in [3.63, 3.8) is 0 Å². The summed E-state index contributed by atoms with van der Waals surface area (Å²) in [5.74, 6) is 0.146. The fourth-order valence-corrected chi connectivity index (χ4v) is 2.44. The summed E-state index contributed by atoms with van der Waals surface area (Å²) < 4.78 is 5.19. The van der Waals surface area contributed by atoms with Crippen molar-refractivity contribution in [3.05, 3.63) is 0 Å². The van der Waals surface area contributed by atoms with Gasteiger partial charge in [-0.1, -0.05) is 65.2 Å². The van der Waals surface area contributed by atoms with Crippen molar-refractivity contribution in [1.82, 2.24) is 0 Å². The van der Waals surface area contributed by atoms with Crippen LogP contribution in [0.4, 0.5) is 0 Å². The summed E-state index contributed by atoms with van der Waals surface area (Å²) in [6, 6.07) is 0. The molecule has 0 aliphatic rings. The summed E-state index contributed by atoms with van der Waals surface area (Å²) in [4.78, 5) is 23.1. The molecule has 0 aromatic heterocycles. The zero-order valence-electron chi connectivity index (χ0n) is 14.8. The van der Waals surface area contributed by atoms with E-state index < -0.39 is 0 Å². The van der Waals surface area contributed by atoms with Gasteiger partial charge in [-0.15, -0.1) is 0 Å². The van der Waals surface area contributed by atoms with Crippen molar-refractivity contribution < 1.29 is 14.3 Å². The number of Topliss-reactive ketones (excluding diaryl/α,β-unsaturated/α-hetero) is 1. The van der Waals surface area contributed by atoms with E-state index in [0.717, 1.165) is 25.7 Å². The first-order chi connectivity index (χ1) is 10.7. The molecule has 0 aromatic carbocycles. The van der Waals surface area contributed by atoms with E-state index in [0.29, 0.717) is 38.1 Å². The molecule has 0 aromatic rings. The van der Waals surface area contributed by atoms with Crippen molar-refractivity contribution >= 4 is 11.8 Å². The maximum Gasteiger partial charge on any atom is 0.305 e. The maximum absolute atomic E-state index is 11.6. The number of hydrogen-bond donors (Lipinski definition) is 0. The van der Waals surface area contributed by atoms with E-state index in [1.54, 1.807) is 0 Å². The lowest BCUT2D eigenvalue weighted by Gasteiger charge is -2.05. The lowest BCUT2D eigenvalue weighted by Crippen LogP contribution is -2.07. The van der Waals surface area contributed by atoms with Crippen LogP contribution in [0, 0.1) is 0 Å². The van der Waals surface area contributed by atoms with Crippen LogP contribution in [0.1, 0.15) is 104 Å². The number of unbranched alkanes of at least 4 members (excludes halogenated alkanes) is 8. The first kappa shape index (κ1) is 21.1. The molecule has 0 bridgehead atoms. The van der Waals surface area contributed by atoms with E-state index in [-0.39, 0.29) is 5.97 Å². The molecule has 22 heavy (non-hydrogen) atoms. The predicted molar refractivity (Wildman–Crippen MR) is 92.0 cm³/mol. The van der Waals surface area contributed by atoms with Crippen LogP contribution < -0.4 is 0 Å². The van der Waals surface area contributed by atoms with Gasteiger partial charge in [-0.05, 0) is 19.3 Å². The molecule has 0 saturated heterocycles. The molecule has 0 rings (SSSR count). The summed E-state index contributed by atoms with van der Waals surface area (Å²) >= 11 is 0. The molecule has 130 valence electrons. The summed E-state index contributed by atoms with van der Waals surface area (Å²) in [6.07, 6.45) is 13.9. The SMILES string of the molecule is CCCCCCCCOC(=O)CCCC(=O)CCCCCC. The number of esters is 1. The first-order valence-electron chi connectivity index (χ1n) is 9.38. The maximum atomic E-state index is 11.6. The highest BCUT2D eigenvalue weighted by Gasteiger charge is 2.06. The normalized spacial score (nSPS) is 10.6. The number of ether oxygens (including phenoxy) is 1. The van der Waals surface area contributed by atoms with Crippen molar-refractivity contribution in [1.29, 1.82) is 0 Å². The first-order valence-corrected chi connectivity index (χ1v) is 9.38. The number of carbonyl (C=O) groups excluding carboxylic acids is 2. The highest BCUT2D eigenvalue weighted by atomic mass is 16.5. The average molecular weight is 312 g/mol. The minimum atomic E-state index is -0.146. The minimum Gasteiger partial charge on any atom is -0.466 e. The van der Waals surface area contributed by atoms with Crippen LogP contribution in [0.15, 0.2) is 0 Å². The average Bonchev–Trinajstić information content (AvgIpc) is 2.51. The van der Waals surface area contributed by atoms with Crippen LogP contribution in [-0.4, -0.2) is 18.4 Å². The van der Waals surface area contributed by atoms with E-state index in [4.69, 9.17) is 4.74 Å². The van der Waals surface area contributed by atoms with Crippen molar-refractivity contribution in [2.45, 2.75) is 104 Å². The molecule has 0 radical (unpaired) electrons. The third kappa shape index (κ3) is 15.5. The quantitative estimate of drug-likeness (QED) is 0.275. The van der Waals surface area contributed by atoms with Crippen LogP contribution in [0.25, 0.3) is 0 Å². The molecule has 0 aliphatic carbocycles. The second-order valence-corrected chi connectivity index (χ2v) is 6.19. The molecule has 0 N–H and O–H groups in total. The van der Waals surface area contributed by atoms with E-state index >= 15 is 0 Å². The van der Waals surface area contributed by atoms with Crippen LogP contribution in [-0.2, 0) is 14.3 Å². The van der Waals surface area contributed by atoms with E-state index in [9.17, 15) is 9.59 Å². The van der Waals surface area contributed by atoms with Crippen LogP contribution in [0.5, 0.6) is 0 Å². The molecule has 0 saturated carbocycles. The smallest absolute Gasteiger partial charge is 0.305 e. The molecule has 0 amide bonds. The number of ketones is 1. The predicted octanol–water partition coefficient (Wildman–Crippen LogP) is 5.60. The van der Waals surface area contributed by atoms with Gasteiger partial charge < -0.3 is 4.74 Å². The zero-order valence-corrected chi connectivity index (χ0v) is 14.8. The second-order valence-electron chi connectivity index (χ2n) is 6.19. The zero-order chi connectivity index (χ0) is 16.5. The number of carbonyl (C=O) groups is 2. The molecular formula is C19H36O3. The van der Waals surface area contributed by atoms with E-state index in [1.165, 1.54) is 38.5 Å². The van der Waals surface area contributed by atoms with Crippen LogP contribution >= 0.6 is 0 Å². The van der Waals surface area contributed by atoms with Gasteiger partial charge in [-0.3, -0.25) is 9.59 Å². The van der Waals surface area contributed by atoms with E-state index in [1.807, 2.05) is 0 Å². The van der Waals surface area contributed by atoms with Crippen LogP contribution in [0.2, 0.25) is 0 Å². The molecule has 0 aliphatic heterocycles. The molecular weight excluding hydrogens is 276 g/mol. The van der Waals surface area contributed by atoms with E-state index in [2.05, 4.69) is 13.8 Å². The van der Waals surface area contributed by atoms with Gasteiger partial charge in [-0.2, -0.15) is 0 Å². The Morgan fingerprint density at radius 1 is 0.636 bits per heavy atom. The van der Waals surface area contributed by atoms with Gasteiger partial charge in [0.15, 0.2) is 0 Å². The molecule has 3 nitrogen and oxygen atoms in total. The molecule has 0 fully saturated rings. The fraction of sp³-hybridized carbons (Fsp3) is 0.895. The molecule has 0 atom stereocenters. The highest BCUT2D eigenvalue weighted by molar-refractivity contribution is 5.79. The lowest BCUT2D eigenvalue weighted by molar-refractivity contribution is -0.143. The lowest BCUT2D eigenvalue weighted by atomic mass is 10.1.